The zero-order valence-electron chi connectivity index (χ0n) is 12.1. The number of para-hydroxylation sites is 1. The first-order valence-electron chi connectivity index (χ1n) is 6.85. The van der Waals surface area contributed by atoms with Gasteiger partial charge in [0.1, 0.15) is 0 Å². The summed E-state index contributed by atoms with van der Waals surface area (Å²) in [7, 11) is 2.01. The molecule has 0 saturated carbocycles. The molecule has 2 unspecified atom stereocenters. The highest BCUT2D eigenvalue weighted by atomic mass is 16.2. The number of nitrogens with one attached hydrogen (secondary N) is 1. The van der Waals surface area contributed by atoms with E-state index in [1.807, 2.05) is 51.2 Å². The average molecular weight is 263 g/mol. The first kappa shape index (κ1) is 15.5. The van der Waals surface area contributed by atoms with Crippen molar-refractivity contribution in [2.24, 2.45) is 11.7 Å². The Hall–Kier alpha value is -1.55. The Kier molecular flexibility index (Phi) is 6.36. The number of hydrogen-bond acceptors (Lipinski definition) is 3. The fourth-order valence-electron chi connectivity index (χ4n) is 1.79. The third kappa shape index (κ3) is 4.91. The molecular weight excluding hydrogens is 238 g/mol. The van der Waals surface area contributed by atoms with Crippen LogP contribution in [0.4, 0.5) is 5.69 Å². The van der Waals surface area contributed by atoms with Crippen LogP contribution in [0.15, 0.2) is 30.3 Å². The molecule has 19 heavy (non-hydrogen) atoms. The van der Waals surface area contributed by atoms with E-state index in [1.54, 1.807) is 0 Å². The number of likely N-dealkylation sites (N-methyl/N-ethyl adjacent to an activating group) is 1. The van der Waals surface area contributed by atoms with Gasteiger partial charge in [-0.1, -0.05) is 38.5 Å². The van der Waals surface area contributed by atoms with Gasteiger partial charge in [-0.05, 0) is 18.1 Å². The van der Waals surface area contributed by atoms with Crippen LogP contribution in [0, 0.1) is 5.92 Å². The summed E-state index contributed by atoms with van der Waals surface area (Å²) < 4.78 is 0. The average Bonchev–Trinajstić information content (AvgIpc) is 2.46. The van der Waals surface area contributed by atoms with Gasteiger partial charge in [-0.3, -0.25) is 4.79 Å². The maximum atomic E-state index is 11.8. The molecule has 1 amide bonds. The van der Waals surface area contributed by atoms with Crippen molar-refractivity contribution >= 4 is 11.6 Å². The highest BCUT2D eigenvalue weighted by Crippen LogP contribution is 2.10. The molecule has 0 fully saturated rings. The highest BCUT2D eigenvalue weighted by molar-refractivity contribution is 5.81. The molecule has 0 aliphatic rings. The Labute approximate surface area is 116 Å². The fraction of sp³-hybridized carbons (Fsp3) is 0.533. The van der Waals surface area contributed by atoms with Gasteiger partial charge in [-0.25, -0.2) is 0 Å². The zero-order chi connectivity index (χ0) is 14.3. The molecule has 4 heteroatoms. The quantitative estimate of drug-likeness (QED) is 0.786. The molecular formula is C15H25N3O. The third-order valence-corrected chi connectivity index (χ3v) is 3.50. The lowest BCUT2D eigenvalue weighted by Crippen LogP contribution is -2.46. The second-order valence-corrected chi connectivity index (χ2v) is 4.96. The molecule has 1 aromatic rings. The van der Waals surface area contributed by atoms with E-state index in [-0.39, 0.29) is 11.8 Å². The second kappa shape index (κ2) is 7.79. The Balaban J connectivity index is 2.32. The Morgan fingerprint density at radius 2 is 2.00 bits per heavy atom. The minimum absolute atomic E-state index is 0.0594. The van der Waals surface area contributed by atoms with E-state index >= 15 is 0 Å². The number of nitrogens with zero attached hydrogens (tertiary/aromatic N) is 1. The Morgan fingerprint density at radius 1 is 1.37 bits per heavy atom. The van der Waals surface area contributed by atoms with Crippen molar-refractivity contribution in [3.8, 4) is 0 Å². The molecule has 0 saturated heterocycles. The molecule has 1 rings (SSSR count). The predicted octanol–water partition coefficient (Wildman–Crippen LogP) is 1.61. The van der Waals surface area contributed by atoms with E-state index in [0.29, 0.717) is 6.54 Å². The van der Waals surface area contributed by atoms with E-state index in [1.165, 1.54) is 0 Å². The molecule has 1 aromatic carbocycles. The lowest BCUT2D eigenvalue weighted by molar-refractivity contribution is -0.123. The van der Waals surface area contributed by atoms with Gasteiger partial charge in [0.05, 0.1) is 6.04 Å². The molecule has 106 valence electrons. The van der Waals surface area contributed by atoms with Gasteiger partial charge in [0.25, 0.3) is 0 Å². The molecule has 3 N–H and O–H groups in total. The van der Waals surface area contributed by atoms with E-state index in [4.69, 9.17) is 5.73 Å². The van der Waals surface area contributed by atoms with Crippen LogP contribution in [0.2, 0.25) is 0 Å². The van der Waals surface area contributed by atoms with E-state index < -0.39 is 6.04 Å². The van der Waals surface area contributed by atoms with Crippen LogP contribution in [0.1, 0.15) is 20.3 Å². The van der Waals surface area contributed by atoms with Crippen molar-refractivity contribution in [3.63, 3.8) is 0 Å². The van der Waals surface area contributed by atoms with Gasteiger partial charge in [0.15, 0.2) is 0 Å². The first-order valence-corrected chi connectivity index (χ1v) is 6.85. The van der Waals surface area contributed by atoms with Gasteiger partial charge in [-0.15, -0.1) is 0 Å². The summed E-state index contributed by atoms with van der Waals surface area (Å²) in [6.45, 7) is 5.42. The lowest BCUT2D eigenvalue weighted by Gasteiger charge is -2.21. The zero-order valence-corrected chi connectivity index (χ0v) is 12.1. The molecule has 2 atom stereocenters. The van der Waals surface area contributed by atoms with Crippen molar-refractivity contribution in [1.82, 2.24) is 5.32 Å². The summed E-state index contributed by atoms with van der Waals surface area (Å²) in [5.41, 5.74) is 7.02. The van der Waals surface area contributed by atoms with Crippen molar-refractivity contribution in [1.29, 1.82) is 0 Å². The van der Waals surface area contributed by atoms with Gasteiger partial charge in [-0.2, -0.15) is 0 Å². The van der Waals surface area contributed by atoms with Gasteiger partial charge in [0.2, 0.25) is 5.91 Å². The van der Waals surface area contributed by atoms with Crippen molar-refractivity contribution in [2.45, 2.75) is 26.3 Å². The number of carbonyl (C=O) groups is 1. The topological polar surface area (TPSA) is 58.4 Å². The number of carbonyl (C=O) groups excluding carboxylic acids is 1. The van der Waals surface area contributed by atoms with Gasteiger partial charge >= 0.3 is 0 Å². The predicted molar refractivity (Wildman–Crippen MR) is 80.2 cm³/mol. The standard InChI is InChI=1S/C15H25N3O/c1-4-12(2)14(16)15(19)17-10-11-18(3)13-8-6-5-7-9-13/h5-9,12,14H,4,10-11,16H2,1-3H3,(H,17,19). The highest BCUT2D eigenvalue weighted by Gasteiger charge is 2.18. The summed E-state index contributed by atoms with van der Waals surface area (Å²) in [5, 5.41) is 2.89. The number of rotatable bonds is 7. The normalized spacial score (nSPS) is 13.7. The van der Waals surface area contributed by atoms with Crippen LogP contribution < -0.4 is 16.0 Å². The number of anilines is 1. The third-order valence-electron chi connectivity index (χ3n) is 3.50. The largest absolute Gasteiger partial charge is 0.373 e. The monoisotopic (exact) mass is 263 g/mol. The summed E-state index contributed by atoms with van der Waals surface area (Å²) in [6.07, 6.45) is 0.915. The van der Waals surface area contributed by atoms with Crippen LogP contribution in [0.5, 0.6) is 0 Å². The molecule has 0 bridgehead atoms. The Morgan fingerprint density at radius 3 is 2.58 bits per heavy atom. The SMILES string of the molecule is CCC(C)C(N)C(=O)NCCN(C)c1ccccc1. The lowest BCUT2D eigenvalue weighted by atomic mass is 9.99. The molecule has 0 heterocycles. The van der Waals surface area contributed by atoms with Crippen LogP contribution >= 0.6 is 0 Å². The Bertz CT molecular complexity index is 380. The van der Waals surface area contributed by atoms with Crippen molar-refractivity contribution < 1.29 is 4.79 Å². The maximum Gasteiger partial charge on any atom is 0.237 e. The maximum absolute atomic E-state index is 11.8. The minimum Gasteiger partial charge on any atom is -0.373 e. The second-order valence-electron chi connectivity index (χ2n) is 4.96. The molecule has 0 aliphatic heterocycles. The van der Waals surface area contributed by atoms with Gasteiger partial charge < -0.3 is 16.0 Å². The molecule has 0 spiro atoms. The minimum atomic E-state index is -0.410. The fourth-order valence-corrected chi connectivity index (χ4v) is 1.79. The van der Waals surface area contributed by atoms with Crippen molar-refractivity contribution in [2.75, 3.05) is 25.0 Å². The van der Waals surface area contributed by atoms with Crippen molar-refractivity contribution in [3.05, 3.63) is 30.3 Å². The molecule has 4 nitrogen and oxygen atoms in total. The molecule has 0 aliphatic carbocycles. The summed E-state index contributed by atoms with van der Waals surface area (Å²) in [4.78, 5) is 13.9. The molecule has 0 aromatic heterocycles. The van der Waals surface area contributed by atoms with Crippen LogP contribution in [0.3, 0.4) is 0 Å². The number of hydrogen-bond donors (Lipinski definition) is 2. The number of nitrogens with two attached hydrogens (primary N) is 1. The summed E-state index contributed by atoms with van der Waals surface area (Å²) in [6, 6.07) is 9.68. The smallest absolute Gasteiger partial charge is 0.237 e. The van der Waals surface area contributed by atoms with E-state index in [2.05, 4.69) is 10.2 Å². The van der Waals surface area contributed by atoms with E-state index in [9.17, 15) is 4.79 Å². The van der Waals surface area contributed by atoms with Crippen LogP contribution in [0.25, 0.3) is 0 Å². The summed E-state index contributed by atoms with van der Waals surface area (Å²) >= 11 is 0. The van der Waals surface area contributed by atoms with Crippen LogP contribution in [-0.2, 0) is 4.79 Å². The van der Waals surface area contributed by atoms with Gasteiger partial charge in [0, 0.05) is 25.8 Å². The summed E-state index contributed by atoms with van der Waals surface area (Å²) in [5.74, 6) is 0.155. The first-order chi connectivity index (χ1) is 9.06. The molecule has 0 radical (unpaired) electrons. The number of benzene rings is 1. The number of amides is 1. The van der Waals surface area contributed by atoms with E-state index in [0.717, 1.165) is 18.7 Å². The van der Waals surface area contributed by atoms with Crippen LogP contribution in [-0.4, -0.2) is 32.1 Å².